The maximum atomic E-state index is 6.74. The second kappa shape index (κ2) is 7.73. The van der Waals surface area contributed by atoms with Crippen LogP contribution >= 0.6 is 0 Å². The van der Waals surface area contributed by atoms with Gasteiger partial charge in [-0.25, -0.2) is 0 Å². The van der Waals surface area contributed by atoms with Gasteiger partial charge in [0.05, 0.1) is 0 Å². The van der Waals surface area contributed by atoms with Crippen molar-refractivity contribution < 1.29 is 0 Å². The molecule has 0 spiro atoms. The van der Waals surface area contributed by atoms with Crippen LogP contribution in [0.3, 0.4) is 0 Å². The first-order valence-electron chi connectivity index (χ1n) is 4.78. The van der Waals surface area contributed by atoms with Gasteiger partial charge >= 0.3 is 0 Å². The monoisotopic (exact) mass is 184 g/mol. The van der Waals surface area contributed by atoms with E-state index < -0.39 is 0 Å². The Bertz CT molecular complexity index is 174. The van der Waals surface area contributed by atoms with Gasteiger partial charge in [-0.3, -0.25) is 5.43 Å². The Morgan fingerprint density at radius 2 is 2.08 bits per heavy atom. The molecule has 0 radical (unpaired) electrons. The van der Waals surface area contributed by atoms with Crippen LogP contribution in [0.5, 0.6) is 0 Å². The SMILES string of the molecule is CCNCC/C(NN=N)=C(/C)CC. The molecular weight excluding hydrogens is 164 g/mol. The second-order valence-corrected chi connectivity index (χ2v) is 2.94. The van der Waals surface area contributed by atoms with E-state index in [1.54, 1.807) is 0 Å². The molecule has 0 saturated carbocycles. The molecule has 0 atom stereocenters. The van der Waals surface area contributed by atoms with E-state index in [-0.39, 0.29) is 0 Å². The average Bonchev–Trinajstić information content (AvgIpc) is 2.16. The van der Waals surface area contributed by atoms with Gasteiger partial charge in [0.2, 0.25) is 0 Å². The van der Waals surface area contributed by atoms with Crippen molar-refractivity contribution in [2.24, 2.45) is 5.22 Å². The third-order valence-corrected chi connectivity index (χ3v) is 2.04. The number of nitrogens with zero attached hydrogens (tertiary/aromatic N) is 1. The van der Waals surface area contributed by atoms with Gasteiger partial charge in [0.1, 0.15) is 0 Å². The quantitative estimate of drug-likeness (QED) is 0.323. The van der Waals surface area contributed by atoms with Gasteiger partial charge in [-0.1, -0.05) is 24.6 Å². The lowest BCUT2D eigenvalue weighted by molar-refractivity contribution is 0.654. The predicted molar refractivity (Wildman–Crippen MR) is 54.4 cm³/mol. The molecular formula is C9H20N4. The highest BCUT2D eigenvalue weighted by Gasteiger charge is 1.99. The number of rotatable bonds is 7. The van der Waals surface area contributed by atoms with Gasteiger partial charge in [0.15, 0.2) is 0 Å². The Kier molecular flexibility index (Phi) is 7.20. The zero-order chi connectivity index (χ0) is 10.1. The maximum Gasteiger partial charge on any atom is 0.0354 e. The smallest absolute Gasteiger partial charge is 0.0354 e. The molecule has 0 unspecified atom stereocenters. The van der Waals surface area contributed by atoms with Crippen LogP contribution in [0.4, 0.5) is 0 Å². The molecule has 4 nitrogen and oxygen atoms in total. The summed E-state index contributed by atoms with van der Waals surface area (Å²) in [6.45, 7) is 8.17. The van der Waals surface area contributed by atoms with Gasteiger partial charge < -0.3 is 5.32 Å². The van der Waals surface area contributed by atoms with Gasteiger partial charge in [-0.05, 0) is 19.9 Å². The fourth-order valence-electron chi connectivity index (χ4n) is 1.04. The topological polar surface area (TPSA) is 60.3 Å². The molecule has 4 heteroatoms. The summed E-state index contributed by atoms with van der Waals surface area (Å²) in [5.41, 5.74) is 11.8. The van der Waals surface area contributed by atoms with Crippen molar-refractivity contribution in [2.75, 3.05) is 13.1 Å². The fourth-order valence-corrected chi connectivity index (χ4v) is 1.04. The number of nitrogens with one attached hydrogen (secondary N) is 3. The Morgan fingerprint density at radius 3 is 2.54 bits per heavy atom. The zero-order valence-electron chi connectivity index (χ0n) is 8.78. The molecule has 76 valence electrons. The summed E-state index contributed by atoms with van der Waals surface area (Å²) in [5, 5.41) is 6.44. The van der Waals surface area contributed by atoms with Crippen molar-refractivity contribution in [1.29, 1.82) is 5.53 Å². The molecule has 0 aliphatic rings. The second-order valence-electron chi connectivity index (χ2n) is 2.94. The summed E-state index contributed by atoms with van der Waals surface area (Å²) in [7, 11) is 0. The largest absolute Gasteiger partial charge is 0.317 e. The minimum Gasteiger partial charge on any atom is -0.317 e. The minimum atomic E-state index is 0.913. The van der Waals surface area contributed by atoms with Crippen molar-refractivity contribution in [3.63, 3.8) is 0 Å². The summed E-state index contributed by atoms with van der Waals surface area (Å²) in [5.74, 6) is 0. The Morgan fingerprint density at radius 1 is 1.38 bits per heavy atom. The van der Waals surface area contributed by atoms with E-state index in [0.717, 1.165) is 31.6 Å². The molecule has 0 bridgehead atoms. The number of hydrogen-bond donors (Lipinski definition) is 3. The molecule has 0 saturated heterocycles. The first kappa shape index (κ1) is 12.1. The summed E-state index contributed by atoms with van der Waals surface area (Å²) in [6.07, 6.45) is 1.92. The van der Waals surface area contributed by atoms with Crippen LogP contribution < -0.4 is 10.7 Å². The molecule has 0 aromatic heterocycles. The van der Waals surface area contributed by atoms with E-state index in [1.807, 2.05) is 0 Å². The predicted octanol–water partition coefficient (Wildman–Crippen LogP) is 2.21. The minimum absolute atomic E-state index is 0.913. The van der Waals surface area contributed by atoms with Crippen molar-refractivity contribution in [2.45, 2.75) is 33.6 Å². The van der Waals surface area contributed by atoms with Gasteiger partial charge in [0, 0.05) is 18.7 Å². The highest BCUT2D eigenvalue weighted by molar-refractivity contribution is 5.09. The van der Waals surface area contributed by atoms with Crippen LogP contribution in [0.15, 0.2) is 16.5 Å². The van der Waals surface area contributed by atoms with Gasteiger partial charge in [-0.2, -0.15) is 5.53 Å². The zero-order valence-corrected chi connectivity index (χ0v) is 8.78. The highest BCUT2D eigenvalue weighted by Crippen LogP contribution is 2.08. The Balaban J connectivity index is 4.01. The summed E-state index contributed by atoms with van der Waals surface area (Å²) < 4.78 is 0. The normalized spacial score (nSPS) is 12.2. The van der Waals surface area contributed by atoms with Crippen molar-refractivity contribution in [3.8, 4) is 0 Å². The standard InChI is InChI=1S/C9H20N4/c1-4-8(3)9(12-13-10)6-7-11-5-2/h11H,4-7H2,1-3H3,(H2,10,12)/b9-8+. The molecule has 0 fully saturated rings. The van der Waals surface area contributed by atoms with E-state index in [4.69, 9.17) is 5.53 Å². The van der Waals surface area contributed by atoms with E-state index >= 15 is 0 Å². The van der Waals surface area contributed by atoms with Crippen LogP contribution in [0.2, 0.25) is 0 Å². The molecule has 0 heterocycles. The van der Waals surface area contributed by atoms with Crippen LogP contribution in [0.25, 0.3) is 0 Å². The lowest BCUT2D eigenvalue weighted by atomic mass is 10.1. The highest BCUT2D eigenvalue weighted by atomic mass is 15.4. The molecule has 0 rings (SSSR count). The lowest BCUT2D eigenvalue weighted by Gasteiger charge is -2.09. The molecule has 13 heavy (non-hydrogen) atoms. The third-order valence-electron chi connectivity index (χ3n) is 2.04. The molecule has 0 aromatic rings. The third kappa shape index (κ3) is 5.36. The first-order chi connectivity index (χ1) is 6.26. The van der Waals surface area contributed by atoms with E-state index in [0.29, 0.717) is 0 Å². The summed E-state index contributed by atoms with van der Waals surface area (Å²) >= 11 is 0. The maximum absolute atomic E-state index is 6.74. The first-order valence-corrected chi connectivity index (χ1v) is 4.78. The van der Waals surface area contributed by atoms with Crippen LogP contribution in [-0.4, -0.2) is 13.1 Å². The molecule has 0 aliphatic carbocycles. The van der Waals surface area contributed by atoms with Crippen LogP contribution in [0.1, 0.15) is 33.6 Å². The number of hydrogen-bond acceptors (Lipinski definition) is 3. The number of allylic oxidation sites excluding steroid dienone is 1. The Labute approximate surface area is 80.3 Å². The van der Waals surface area contributed by atoms with E-state index in [2.05, 4.69) is 36.7 Å². The van der Waals surface area contributed by atoms with E-state index in [1.165, 1.54) is 5.57 Å². The van der Waals surface area contributed by atoms with Gasteiger partial charge in [-0.15, -0.1) is 0 Å². The van der Waals surface area contributed by atoms with Crippen molar-refractivity contribution in [1.82, 2.24) is 10.7 Å². The summed E-state index contributed by atoms with van der Waals surface area (Å²) in [6, 6.07) is 0. The molecule has 0 aromatic carbocycles. The van der Waals surface area contributed by atoms with Crippen LogP contribution in [0, 0.1) is 5.53 Å². The van der Waals surface area contributed by atoms with Crippen LogP contribution in [-0.2, 0) is 0 Å². The molecule has 3 N–H and O–H groups in total. The summed E-state index contributed by atoms with van der Waals surface area (Å²) in [4.78, 5) is 0. The fraction of sp³-hybridized carbons (Fsp3) is 0.778. The lowest BCUT2D eigenvalue weighted by Crippen LogP contribution is -2.18. The van der Waals surface area contributed by atoms with Crippen molar-refractivity contribution in [3.05, 3.63) is 11.3 Å². The van der Waals surface area contributed by atoms with Crippen molar-refractivity contribution >= 4 is 0 Å². The molecule has 0 aliphatic heterocycles. The Hall–Kier alpha value is -0.900. The average molecular weight is 184 g/mol. The van der Waals surface area contributed by atoms with Gasteiger partial charge in [0.25, 0.3) is 0 Å². The molecule has 0 amide bonds. The van der Waals surface area contributed by atoms with E-state index in [9.17, 15) is 0 Å².